The molecule has 6 rings (SSSR count). The van der Waals surface area contributed by atoms with Crippen molar-refractivity contribution in [3.8, 4) is 22.5 Å². The van der Waals surface area contributed by atoms with Gasteiger partial charge in [0.05, 0.1) is 27.3 Å². The van der Waals surface area contributed by atoms with Crippen LogP contribution >= 0.6 is 22.9 Å². The van der Waals surface area contributed by atoms with Gasteiger partial charge in [0.15, 0.2) is 5.76 Å². The van der Waals surface area contributed by atoms with E-state index >= 15 is 0 Å². The summed E-state index contributed by atoms with van der Waals surface area (Å²) in [4.78, 5) is 29.0. The molecule has 0 radical (unpaired) electrons. The second-order valence-electron chi connectivity index (χ2n) is 9.42. The molecule has 0 aliphatic heterocycles. The first-order chi connectivity index (χ1) is 18.9. The van der Waals surface area contributed by atoms with E-state index in [1.54, 1.807) is 24.6 Å². The number of nitrogens with one attached hydrogen (secondary N) is 1. The zero-order chi connectivity index (χ0) is 27.1. The molecule has 196 valence electrons. The van der Waals surface area contributed by atoms with Gasteiger partial charge < -0.3 is 14.4 Å². The third kappa shape index (κ3) is 4.53. The molecule has 10 heteroatoms. The fourth-order valence-corrected chi connectivity index (χ4v) is 6.01. The molecule has 1 aliphatic carbocycles. The number of carboxylic acids is 1. The zero-order valence-corrected chi connectivity index (χ0v) is 22.3. The SMILES string of the molecule is CC(OC(=O)Nc1cnoc1-c1ccc(-c2ccc(C3(C(=O)O)CC3)c3scnc23)cc1)c1ccccc1Cl. The summed E-state index contributed by atoms with van der Waals surface area (Å²) >= 11 is 7.67. The van der Waals surface area contributed by atoms with Crippen molar-refractivity contribution in [2.45, 2.75) is 31.3 Å². The van der Waals surface area contributed by atoms with Crippen LogP contribution in [-0.2, 0) is 14.9 Å². The van der Waals surface area contributed by atoms with Crippen LogP contribution in [0.1, 0.15) is 37.0 Å². The smallest absolute Gasteiger partial charge is 0.412 e. The van der Waals surface area contributed by atoms with Gasteiger partial charge in [-0.15, -0.1) is 11.3 Å². The Morgan fingerprint density at radius 2 is 1.85 bits per heavy atom. The number of carbonyl (C=O) groups is 2. The number of carboxylic acid groups (broad SMARTS) is 1. The van der Waals surface area contributed by atoms with Crippen molar-refractivity contribution >= 4 is 50.9 Å². The molecule has 0 spiro atoms. The lowest BCUT2D eigenvalue weighted by atomic mass is 9.92. The second kappa shape index (κ2) is 9.83. The number of thiazole rings is 1. The van der Waals surface area contributed by atoms with E-state index in [1.807, 2.05) is 48.5 Å². The van der Waals surface area contributed by atoms with Crippen molar-refractivity contribution in [2.24, 2.45) is 0 Å². The molecule has 5 aromatic rings. The quantitative estimate of drug-likeness (QED) is 0.210. The van der Waals surface area contributed by atoms with Gasteiger partial charge in [0.1, 0.15) is 11.8 Å². The van der Waals surface area contributed by atoms with Crippen molar-refractivity contribution in [1.29, 1.82) is 0 Å². The van der Waals surface area contributed by atoms with Gasteiger partial charge in [-0.25, -0.2) is 9.78 Å². The number of nitrogens with zero attached hydrogens (tertiary/aromatic N) is 2. The average Bonchev–Trinajstić information content (AvgIpc) is 3.36. The monoisotopic (exact) mass is 559 g/mol. The van der Waals surface area contributed by atoms with Crippen LogP contribution in [0.3, 0.4) is 0 Å². The number of ether oxygens (including phenoxy) is 1. The molecular formula is C29H22ClN3O5S. The maximum atomic E-state index is 12.6. The summed E-state index contributed by atoms with van der Waals surface area (Å²) in [6.07, 6.45) is 1.48. The zero-order valence-electron chi connectivity index (χ0n) is 20.7. The summed E-state index contributed by atoms with van der Waals surface area (Å²) in [6, 6.07) is 18.6. The normalized spacial score (nSPS) is 14.6. The van der Waals surface area contributed by atoms with Gasteiger partial charge in [0.2, 0.25) is 0 Å². The number of hydrogen-bond acceptors (Lipinski definition) is 7. The summed E-state index contributed by atoms with van der Waals surface area (Å²) in [5.41, 5.74) is 6.19. The molecule has 1 saturated carbocycles. The van der Waals surface area contributed by atoms with Crippen molar-refractivity contribution in [2.75, 3.05) is 5.32 Å². The summed E-state index contributed by atoms with van der Waals surface area (Å²) < 4.78 is 11.8. The topological polar surface area (TPSA) is 115 Å². The Balaban J connectivity index is 1.22. The van der Waals surface area contributed by atoms with E-state index < -0.39 is 23.6 Å². The minimum Gasteiger partial charge on any atom is -0.481 e. The molecule has 2 aromatic heterocycles. The molecule has 2 N–H and O–H groups in total. The summed E-state index contributed by atoms with van der Waals surface area (Å²) in [6.45, 7) is 1.74. The molecular weight excluding hydrogens is 538 g/mol. The van der Waals surface area contributed by atoms with E-state index in [-0.39, 0.29) is 0 Å². The second-order valence-corrected chi connectivity index (χ2v) is 10.7. The lowest BCUT2D eigenvalue weighted by Gasteiger charge is -2.15. The lowest BCUT2D eigenvalue weighted by Crippen LogP contribution is -2.19. The van der Waals surface area contributed by atoms with Gasteiger partial charge in [-0.2, -0.15) is 0 Å². The van der Waals surface area contributed by atoms with Crippen molar-refractivity contribution < 1.29 is 24.0 Å². The number of aromatic nitrogens is 2. The van der Waals surface area contributed by atoms with Gasteiger partial charge in [-0.1, -0.05) is 71.4 Å². The molecule has 1 atom stereocenters. The molecule has 0 saturated heterocycles. The predicted octanol–water partition coefficient (Wildman–Crippen LogP) is 7.70. The van der Waals surface area contributed by atoms with Crippen molar-refractivity contribution in [1.82, 2.24) is 10.1 Å². The maximum Gasteiger partial charge on any atom is 0.412 e. The first-order valence-corrected chi connectivity index (χ1v) is 13.5. The Bertz CT molecular complexity index is 1710. The Morgan fingerprint density at radius 3 is 2.56 bits per heavy atom. The van der Waals surface area contributed by atoms with Crippen LogP contribution in [-0.4, -0.2) is 27.3 Å². The van der Waals surface area contributed by atoms with Crippen LogP contribution in [0.2, 0.25) is 5.02 Å². The molecule has 39 heavy (non-hydrogen) atoms. The molecule has 1 amide bonds. The highest BCUT2D eigenvalue weighted by Gasteiger charge is 2.52. The Labute approximate surface area is 232 Å². The van der Waals surface area contributed by atoms with Crippen LogP contribution in [0.4, 0.5) is 10.5 Å². The molecule has 1 unspecified atom stereocenters. The fraction of sp³-hybridized carbons (Fsp3) is 0.172. The molecule has 1 fully saturated rings. The van der Waals surface area contributed by atoms with Gasteiger partial charge in [0, 0.05) is 21.7 Å². The molecule has 3 aromatic carbocycles. The molecule has 1 aliphatic rings. The Hall–Kier alpha value is -4.21. The number of fused-ring (bicyclic) bond motifs is 1. The number of amides is 1. The number of hydrogen-bond donors (Lipinski definition) is 2. The van der Waals surface area contributed by atoms with Gasteiger partial charge >= 0.3 is 12.1 Å². The lowest BCUT2D eigenvalue weighted by molar-refractivity contribution is -0.140. The van der Waals surface area contributed by atoms with Crippen molar-refractivity contribution in [3.05, 3.63) is 88.5 Å². The van der Waals surface area contributed by atoms with E-state index in [0.29, 0.717) is 40.4 Å². The van der Waals surface area contributed by atoms with E-state index in [2.05, 4.69) is 15.5 Å². The first kappa shape index (κ1) is 25.1. The van der Waals surface area contributed by atoms with Crippen LogP contribution in [0.15, 0.2) is 76.9 Å². The third-order valence-corrected chi connectivity index (χ3v) is 8.26. The molecule has 8 nitrogen and oxygen atoms in total. The van der Waals surface area contributed by atoms with Gasteiger partial charge in [0.25, 0.3) is 0 Å². The summed E-state index contributed by atoms with van der Waals surface area (Å²) in [5, 5.41) is 16.8. The first-order valence-electron chi connectivity index (χ1n) is 12.2. The summed E-state index contributed by atoms with van der Waals surface area (Å²) in [7, 11) is 0. The number of aliphatic carboxylic acids is 1. The van der Waals surface area contributed by atoms with E-state index in [9.17, 15) is 14.7 Å². The van der Waals surface area contributed by atoms with Crippen molar-refractivity contribution in [3.63, 3.8) is 0 Å². The van der Waals surface area contributed by atoms with Gasteiger partial charge in [-0.05, 0) is 37.0 Å². The number of rotatable bonds is 7. The minimum absolute atomic E-state index is 0.369. The van der Waals surface area contributed by atoms with Gasteiger partial charge in [-0.3, -0.25) is 10.1 Å². The van der Waals surface area contributed by atoms with E-state index in [0.717, 1.165) is 26.9 Å². The highest BCUT2D eigenvalue weighted by molar-refractivity contribution is 7.17. The Kier molecular flexibility index (Phi) is 6.32. The highest BCUT2D eigenvalue weighted by atomic mass is 35.5. The maximum absolute atomic E-state index is 12.6. The largest absolute Gasteiger partial charge is 0.481 e. The van der Waals surface area contributed by atoms with Crippen LogP contribution in [0.5, 0.6) is 0 Å². The fourth-order valence-electron chi connectivity index (χ4n) is 4.79. The van der Waals surface area contributed by atoms with E-state index in [1.165, 1.54) is 17.5 Å². The van der Waals surface area contributed by atoms with Crippen LogP contribution in [0, 0.1) is 0 Å². The van der Waals surface area contributed by atoms with E-state index in [4.69, 9.17) is 20.9 Å². The molecule has 0 bridgehead atoms. The average molecular weight is 560 g/mol. The van der Waals surface area contributed by atoms with Crippen LogP contribution < -0.4 is 5.32 Å². The minimum atomic E-state index is -0.796. The standard InChI is InChI=1S/C29H22ClN3O5S/c1-16(19-4-2-3-5-22(19)30)37-28(36)33-23-14-32-38-25(23)18-8-6-17(7-9-18)20-10-11-21(26-24(20)31-15-39-26)29(12-13-29)27(34)35/h2-11,14-16H,12-13H2,1H3,(H,33,36)(H,34,35). The number of benzene rings is 3. The predicted molar refractivity (Wildman–Crippen MR) is 149 cm³/mol. The molecule has 2 heterocycles. The highest BCUT2D eigenvalue weighted by Crippen LogP contribution is 2.52. The number of anilines is 1. The number of halogens is 1. The number of carbonyl (C=O) groups excluding carboxylic acids is 1. The third-order valence-electron chi connectivity index (χ3n) is 7.05. The summed E-state index contributed by atoms with van der Waals surface area (Å²) in [5.74, 6) is -0.400. The van der Waals surface area contributed by atoms with Crippen LogP contribution in [0.25, 0.3) is 32.7 Å². The Morgan fingerprint density at radius 1 is 1.10 bits per heavy atom.